The number of rotatable bonds is 6. The highest BCUT2D eigenvalue weighted by molar-refractivity contribution is 6.05. The molecule has 0 bridgehead atoms. The number of allylic oxidation sites excluding steroid dienone is 2. The molecule has 1 fully saturated rings. The first-order valence-electron chi connectivity index (χ1n) is 11.2. The molecule has 2 aromatic heterocycles. The molecule has 3 heterocycles. The molecule has 1 aliphatic carbocycles. The Morgan fingerprint density at radius 1 is 1.12 bits per heavy atom. The molecule has 0 amide bonds. The third kappa shape index (κ3) is 3.53. The number of methoxy groups -OCH3 is 1. The number of ether oxygens (including phenoxy) is 2. The Labute approximate surface area is 190 Å². The van der Waals surface area contributed by atoms with Gasteiger partial charge < -0.3 is 19.8 Å². The van der Waals surface area contributed by atoms with Crippen LogP contribution in [0.15, 0.2) is 42.7 Å². The molecule has 4 aromatic rings. The fourth-order valence-corrected chi connectivity index (χ4v) is 4.68. The normalized spacial score (nSPS) is 18.2. The summed E-state index contributed by atoms with van der Waals surface area (Å²) in [6, 6.07) is 9.74. The van der Waals surface area contributed by atoms with Crippen LogP contribution in [0.25, 0.3) is 27.4 Å². The predicted molar refractivity (Wildman–Crippen MR) is 126 cm³/mol. The van der Waals surface area contributed by atoms with Crippen molar-refractivity contribution in [2.75, 3.05) is 20.3 Å². The van der Waals surface area contributed by atoms with Gasteiger partial charge in [-0.05, 0) is 50.1 Å². The standard InChI is InChI=1S/C26H24FN4O2/c1-14-8-19-21(31-14)6-5-16(25(19)27)17-9-18(17)26-20-10-23(32-2)24(11-22(20)29-13-30-26)33-12-15-4-3-7-28-15/h5-6,8-11,13,15,28,31H,3-4,7,12H2,1-2H3/t15-/m0/s1. The topological polar surface area (TPSA) is 72.1 Å². The van der Waals surface area contributed by atoms with E-state index in [4.69, 9.17) is 9.47 Å². The van der Waals surface area contributed by atoms with Crippen molar-refractivity contribution in [3.63, 3.8) is 0 Å². The van der Waals surface area contributed by atoms with Crippen LogP contribution in [-0.4, -0.2) is 41.3 Å². The summed E-state index contributed by atoms with van der Waals surface area (Å²) < 4.78 is 26.9. The highest BCUT2D eigenvalue weighted by atomic mass is 19.1. The van der Waals surface area contributed by atoms with Gasteiger partial charge in [0.25, 0.3) is 0 Å². The minimum absolute atomic E-state index is 0.217. The van der Waals surface area contributed by atoms with E-state index in [1.54, 1.807) is 7.11 Å². The number of benzene rings is 2. The first-order chi connectivity index (χ1) is 16.1. The lowest BCUT2D eigenvalue weighted by Crippen LogP contribution is -2.28. The molecule has 2 N–H and O–H groups in total. The van der Waals surface area contributed by atoms with Gasteiger partial charge in [0.2, 0.25) is 0 Å². The van der Waals surface area contributed by atoms with Crippen molar-refractivity contribution < 1.29 is 13.9 Å². The fourth-order valence-electron chi connectivity index (χ4n) is 4.68. The zero-order valence-corrected chi connectivity index (χ0v) is 18.5. The summed E-state index contributed by atoms with van der Waals surface area (Å²) in [6.07, 6.45) is 5.79. The molecule has 33 heavy (non-hydrogen) atoms. The van der Waals surface area contributed by atoms with Gasteiger partial charge in [0.15, 0.2) is 11.5 Å². The summed E-state index contributed by atoms with van der Waals surface area (Å²) in [6.45, 7) is 3.55. The van der Waals surface area contributed by atoms with Crippen LogP contribution in [0.3, 0.4) is 0 Å². The minimum Gasteiger partial charge on any atom is -0.493 e. The monoisotopic (exact) mass is 443 g/mol. The minimum atomic E-state index is -0.217. The van der Waals surface area contributed by atoms with E-state index in [1.165, 1.54) is 12.7 Å². The fraction of sp³-hybridized carbons (Fsp3) is 0.269. The van der Waals surface area contributed by atoms with Gasteiger partial charge in [-0.25, -0.2) is 14.4 Å². The maximum atomic E-state index is 15.2. The number of nitrogens with one attached hydrogen (secondary N) is 2. The van der Waals surface area contributed by atoms with Crippen LogP contribution in [0.4, 0.5) is 4.39 Å². The molecule has 0 unspecified atom stereocenters. The Hall–Kier alpha value is -3.45. The highest BCUT2D eigenvalue weighted by Crippen LogP contribution is 2.48. The number of fused-ring (bicyclic) bond motifs is 2. The highest BCUT2D eigenvalue weighted by Gasteiger charge is 2.34. The van der Waals surface area contributed by atoms with Crippen LogP contribution in [0.2, 0.25) is 0 Å². The molecule has 2 aromatic carbocycles. The quantitative estimate of drug-likeness (QED) is 0.451. The number of hydrogen-bond acceptors (Lipinski definition) is 5. The van der Waals surface area contributed by atoms with E-state index in [0.29, 0.717) is 35.1 Å². The molecule has 1 radical (unpaired) electrons. The Bertz CT molecular complexity index is 1400. The summed E-state index contributed by atoms with van der Waals surface area (Å²) in [5.74, 6) is 1.94. The third-order valence-electron chi connectivity index (χ3n) is 6.44. The number of aromatic nitrogens is 3. The molecular formula is C26H24FN4O2. The van der Waals surface area contributed by atoms with Gasteiger partial charge in [0.1, 0.15) is 18.8 Å². The molecule has 0 saturated carbocycles. The Balaban J connectivity index is 1.32. The second-order valence-corrected chi connectivity index (χ2v) is 8.66. The number of nitrogens with zero attached hydrogens (tertiary/aromatic N) is 2. The Morgan fingerprint density at radius 2 is 2.03 bits per heavy atom. The van der Waals surface area contributed by atoms with Crippen molar-refractivity contribution >= 4 is 27.4 Å². The molecule has 6 nitrogen and oxygen atoms in total. The molecule has 7 heteroatoms. The molecular weight excluding hydrogens is 419 g/mol. The SMILES string of the molecule is COc1cc2c(C3=C[C]3c3ccc4[nH]c(C)cc4c3F)ncnc2cc1OC[C@@H]1CCCN1. The number of halogens is 1. The van der Waals surface area contributed by atoms with E-state index < -0.39 is 0 Å². The van der Waals surface area contributed by atoms with Crippen LogP contribution in [0, 0.1) is 18.7 Å². The summed E-state index contributed by atoms with van der Waals surface area (Å²) in [7, 11) is 1.63. The zero-order valence-electron chi connectivity index (χ0n) is 18.5. The van der Waals surface area contributed by atoms with Gasteiger partial charge in [-0.15, -0.1) is 0 Å². The van der Waals surface area contributed by atoms with Crippen LogP contribution in [0.1, 0.15) is 29.8 Å². The third-order valence-corrected chi connectivity index (χ3v) is 6.44. The Kier molecular flexibility index (Phi) is 4.80. The predicted octanol–water partition coefficient (Wildman–Crippen LogP) is 4.72. The lowest BCUT2D eigenvalue weighted by molar-refractivity contribution is 0.263. The first-order valence-corrected chi connectivity index (χ1v) is 11.2. The van der Waals surface area contributed by atoms with Crippen LogP contribution >= 0.6 is 0 Å². The average molecular weight is 444 g/mol. The van der Waals surface area contributed by atoms with Gasteiger partial charge in [-0.1, -0.05) is 12.1 Å². The van der Waals surface area contributed by atoms with Gasteiger partial charge in [-0.3, -0.25) is 0 Å². The Morgan fingerprint density at radius 3 is 2.85 bits per heavy atom. The van der Waals surface area contributed by atoms with Gasteiger partial charge in [-0.2, -0.15) is 0 Å². The number of aromatic amines is 1. The number of aryl methyl sites for hydroxylation is 1. The summed E-state index contributed by atoms with van der Waals surface area (Å²) in [5, 5.41) is 4.89. The lowest BCUT2D eigenvalue weighted by Gasteiger charge is -2.15. The van der Waals surface area contributed by atoms with Gasteiger partial charge in [0, 0.05) is 39.7 Å². The van der Waals surface area contributed by atoms with Crippen LogP contribution in [0.5, 0.6) is 11.5 Å². The van der Waals surface area contributed by atoms with E-state index in [-0.39, 0.29) is 5.82 Å². The molecule has 1 atom stereocenters. The zero-order chi connectivity index (χ0) is 22.5. The summed E-state index contributed by atoms with van der Waals surface area (Å²) in [5.41, 5.74) is 4.76. The van der Waals surface area contributed by atoms with Crippen molar-refractivity contribution in [3.05, 3.63) is 71.4 Å². The summed E-state index contributed by atoms with van der Waals surface area (Å²) >= 11 is 0. The largest absolute Gasteiger partial charge is 0.493 e. The molecule has 167 valence electrons. The molecule has 0 spiro atoms. The number of H-pyrrole nitrogens is 1. The van der Waals surface area contributed by atoms with Crippen molar-refractivity contribution in [1.82, 2.24) is 20.3 Å². The number of hydrogen-bond donors (Lipinski definition) is 2. The van der Waals surface area contributed by atoms with Crippen molar-refractivity contribution in [3.8, 4) is 11.5 Å². The molecule has 2 aliphatic rings. The van der Waals surface area contributed by atoms with Crippen LogP contribution in [-0.2, 0) is 0 Å². The summed E-state index contributed by atoms with van der Waals surface area (Å²) in [4.78, 5) is 12.2. The second-order valence-electron chi connectivity index (χ2n) is 8.66. The second kappa shape index (κ2) is 7.85. The average Bonchev–Trinajstić information content (AvgIpc) is 3.23. The molecule has 1 saturated heterocycles. The maximum Gasteiger partial charge on any atom is 0.163 e. The van der Waals surface area contributed by atoms with Crippen LogP contribution < -0.4 is 14.8 Å². The lowest BCUT2D eigenvalue weighted by atomic mass is 10.0. The van der Waals surface area contributed by atoms with Crippen molar-refractivity contribution in [1.29, 1.82) is 0 Å². The van der Waals surface area contributed by atoms with Crippen molar-refractivity contribution in [2.24, 2.45) is 0 Å². The van der Waals surface area contributed by atoms with Gasteiger partial charge in [0.05, 0.1) is 24.2 Å². The molecule has 6 rings (SSSR count). The van der Waals surface area contributed by atoms with Crippen molar-refractivity contribution in [2.45, 2.75) is 25.8 Å². The molecule has 1 aliphatic heterocycles. The van der Waals surface area contributed by atoms with E-state index in [1.807, 2.05) is 43.3 Å². The smallest absolute Gasteiger partial charge is 0.163 e. The maximum absolute atomic E-state index is 15.2. The van der Waals surface area contributed by atoms with E-state index >= 15 is 4.39 Å². The first kappa shape index (κ1) is 20.2. The van der Waals surface area contributed by atoms with E-state index in [0.717, 1.165) is 52.3 Å². The van der Waals surface area contributed by atoms with Gasteiger partial charge >= 0.3 is 0 Å². The van der Waals surface area contributed by atoms with E-state index in [2.05, 4.69) is 20.3 Å². The van der Waals surface area contributed by atoms with E-state index in [9.17, 15) is 0 Å².